The minimum atomic E-state index is -4.09. The van der Waals surface area contributed by atoms with Gasteiger partial charge in [-0.1, -0.05) is 47.5 Å². The third kappa shape index (κ3) is 5.50. The van der Waals surface area contributed by atoms with Crippen LogP contribution in [0.3, 0.4) is 0 Å². The number of halogens is 2. The van der Waals surface area contributed by atoms with Crippen molar-refractivity contribution in [1.29, 1.82) is 0 Å². The van der Waals surface area contributed by atoms with Crippen molar-refractivity contribution in [1.82, 2.24) is 10.0 Å². The van der Waals surface area contributed by atoms with Crippen LogP contribution in [-0.2, 0) is 35.8 Å². The highest BCUT2D eigenvalue weighted by Gasteiger charge is 2.43. The van der Waals surface area contributed by atoms with Gasteiger partial charge in [-0.3, -0.25) is 9.52 Å². The molecule has 206 valence electrons. The number of nitrogens with one attached hydrogen (secondary N) is 2. The molecule has 0 radical (unpaired) electrons. The van der Waals surface area contributed by atoms with E-state index in [9.17, 15) is 35.2 Å². The Morgan fingerprint density at radius 2 is 1.51 bits per heavy atom. The average Bonchev–Trinajstić information content (AvgIpc) is 3.09. The van der Waals surface area contributed by atoms with Crippen LogP contribution >= 0.6 is 23.2 Å². The second-order valence-corrected chi connectivity index (χ2v) is 13.6. The molecular weight excluding hydrogens is 617 g/mol. The van der Waals surface area contributed by atoms with Gasteiger partial charge in [0.25, 0.3) is 15.9 Å². The summed E-state index contributed by atoms with van der Waals surface area (Å²) in [6.07, 6.45) is 0.977. The van der Waals surface area contributed by atoms with Crippen LogP contribution in [0.1, 0.15) is 21.5 Å². The van der Waals surface area contributed by atoms with Gasteiger partial charge >= 0.3 is 0 Å². The molecule has 2 aliphatic rings. The zero-order valence-electron chi connectivity index (χ0n) is 19.2. The number of aliphatic imine (C=N–C) groups is 1. The van der Waals surface area contributed by atoms with Crippen LogP contribution in [0.15, 0.2) is 74.3 Å². The molecule has 13 nitrogen and oxygen atoms in total. The zero-order chi connectivity index (χ0) is 29.0. The fraction of sp³-hybridized carbons (Fsp3) is 0.0476. The summed E-state index contributed by atoms with van der Waals surface area (Å²) in [6.45, 7) is 0. The third-order valence-corrected chi connectivity index (χ3v) is 9.62. The van der Waals surface area contributed by atoms with Crippen molar-refractivity contribution in [2.75, 3.05) is 0 Å². The van der Waals surface area contributed by atoms with Crippen molar-refractivity contribution in [2.45, 2.75) is 20.4 Å². The summed E-state index contributed by atoms with van der Waals surface area (Å²) in [5.74, 6) is -0.454. The third-order valence-electron chi connectivity index (χ3n) is 5.53. The molecule has 0 aromatic heterocycles. The van der Waals surface area contributed by atoms with Crippen molar-refractivity contribution in [3.63, 3.8) is 0 Å². The predicted molar refractivity (Wildman–Crippen MR) is 141 cm³/mol. The number of aliphatic hydroxyl groups is 1. The molecular formula is C21H17Cl2N5O8S3. The number of benzene rings is 3. The van der Waals surface area contributed by atoms with E-state index in [-0.39, 0.29) is 31.1 Å². The molecule has 1 atom stereocenters. The van der Waals surface area contributed by atoms with E-state index in [1.807, 2.05) is 4.72 Å². The van der Waals surface area contributed by atoms with Crippen molar-refractivity contribution < 1.29 is 35.2 Å². The minimum absolute atomic E-state index is 0.0566. The van der Waals surface area contributed by atoms with Gasteiger partial charge in [0.15, 0.2) is 5.72 Å². The summed E-state index contributed by atoms with van der Waals surface area (Å²) >= 11 is 11.5. The van der Waals surface area contributed by atoms with Crippen molar-refractivity contribution in [2.24, 2.45) is 15.3 Å². The highest BCUT2D eigenvalue weighted by molar-refractivity contribution is 7.90. The Morgan fingerprint density at radius 3 is 2.15 bits per heavy atom. The van der Waals surface area contributed by atoms with Crippen LogP contribution in [0.2, 0.25) is 10.0 Å². The van der Waals surface area contributed by atoms with E-state index >= 15 is 0 Å². The predicted octanol–water partition coefficient (Wildman–Crippen LogP) is 0.863. The van der Waals surface area contributed by atoms with Gasteiger partial charge in [-0.25, -0.2) is 40.5 Å². The minimum Gasteiger partial charge on any atom is -0.363 e. The molecule has 2 aliphatic heterocycles. The molecule has 0 saturated heterocycles. The number of rotatable bonds is 3. The Morgan fingerprint density at radius 1 is 0.897 bits per heavy atom. The molecule has 0 saturated carbocycles. The number of carbonyl (C=O) groups is 1. The maximum Gasteiger partial charge on any atom is 0.264 e. The van der Waals surface area contributed by atoms with Crippen molar-refractivity contribution in [3.8, 4) is 0 Å². The number of hydrogen-bond donors (Lipinski definition) is 5. The number of carbonyl (C=O) groups excluding carboxylic acids is 1. The first-order valence-corrected chi connectivity index (χ1v) is 15.7. The lowest BCUT2D eigenvalue weighted by molar-refractivity contribution is 0.0474. The van der Waals surface area contributed by atoms with Crippen LogP contribution in [-0.4, -0.2) is 42.6 Å². The van der Waals surface area contributed by atoms with E-state index in [0.717, 1.165) is 24.5 Å². The number of nitrogens with zero attached hydrogens (tertiary/aromatic N) is 1. The van der Waals surface area contributed by atoms with E-state index in [2.05, 4.69) is 10.3 Å². The fourth-order valence-corrected chi connectivity index (χ4v) is 6.97. The molecule has 3 aromatic carbocycles. The average molecular weight is 635 g/mol. The first-order chi connectivity index (χ1) is 17.9. The van der Waals surface area contributed by atoms with Gasteiger partial charge in [0.05, 0.1) is 15.7 Å². The van der Waals surface area contributed by atoms with Crippen LogP contribution in [0, 0.1) is 0 Å². The Balaban J connectivity index is 0.000000187. The topological polar surface area (TPSA) is 228 Å². The molecule has 0 aliphatic carbocycles. The van der Waals surface area contributed by atoms with Crippen molar-refractivity contribution >= 4 is 71.2 Å². The van der Waals surface area contributed by atoms with E-state index < -0.39 is 46.6 Å². The van der Waals surface area contributed by atoms with E-state index in [0.29, 0.717) is 11.1 Å². The Hall–Kier alpha value is -3.09. The largest absolute Gasteiger partial charge is 0.363 e. The SMILES string of the molecule is NS(=O)(=O)c1cc(C2(O)NC(=O)c3ccccc32)ccc1Cl.NS(=O)(=O)c1cc2c(cc1Cl)N=CNS2(=O)=O. The van der Waals surface area contributed by atoms with Gasteiger partial charge in [-0.2, -0.15) is 0 Å². The first-order valence-electron chi connectivity index (χ1n) is 10.3. The summed E-state index contributed by atoms with van der Waals surface area (Å²) in [7, 11) is -12.0. The Labute approximate surface area is 232 Å². The van der Waals surface area contributed by atoms with Gasteiger partial charge in [0.1, 0.15) is 21.0 Å². The highest BCUT2D eigenvalue weighted by atomic mass is 35.5. The first kappa shape index (κ1) is 28.9. The molecule has 1 unspecified atom stereocenters. The standard InChI is InChI=1S/C14H11ClN2O4S.C7H6ClN3O4S2/c15-11-6-5-8(7-12(11)22(16,20)21)14(19)10-4-2-1-3-9(10)13(18)17-14;8-4-1-5-7(2-6(4)16(9,12)13)17(14,15)11-3-10-5/h1-7,19H,(H,17,18)(H2,16,20,21);1-3H,(H,10,11)(H2,9,12,13). The van der Waals surface area contributed by atoms with Gasteiger partial charge in [-0.15, -0.1) is 0 Å². The molecule has 0 spiro atoms. The summed E-state index contributed by atoms with van der Waals surface area (Å²) in [5, 5.41) is 23.1. The summed E-state index contributed by atoms with van der Waals surface area (Å²) < 4.78 is 70.7. The number of primary sulfonamides is 2. The molecule has 0 bridgehead atoms. The number of sulfonamides is 3. The smallest absolute Gasteiger partial charge is 0.264 e. The normalized spacial score (nSPS) is 19.2. The van der Waals surface area contributed by atoms with Crippen molar-refractivity contribution in [3.05, 3.63) is 81.3 Å². The highest BCUT2D eigenvalue weighted by Crippen LogP contribution is 2.37. The fourth-order valence-electron chi connectivity index (χ4n) is 3.76. The second kappa shape index (κ2) is 9.83. The molecule has 2 heterocycles. The lowest BCUT2D eigenvalue weighted by atomic mass is 9.94. The maximum absolute atomic E-state index is 12.0. The lowest BCUT2D eigenvalue weighted by Crippen LogP contribution is -2.40. The monoisotopic (exact) mass is 633 g/mol. The number of amides is 1. The molecule has 1 amide bonds. The number of hydrogen-bond acceptors (Lipinski definition) is 9. The summed E-state index contributed by atoms with van der Waals surface area (Å²) in [4.78, 5) is 14.6. The molecule has 0 fully saturated rings. The van der Waals surface area contributed by atoms with Gasteiger partial charge in [0.2, 0.25) is 20.0 Å². The molecule has 7 N–H and O–H groups in total. The van der Waals surface area contributed by atoms with Crippen LogP contribution in [0.5, 0.6) is 0 Å². The second-order valence-electron chi connectivity index (χ2n) is 8.08. The van der Waals surface area contributed by atoms with Crippen LogP contribution < -0.4 is 20.3 Å². The van der Waals surface area contributed by atoms with Crippen LogP contribution in [0.4, 0.5) is 5.69 Å². The quantitative estimate of drug-likeness (QED) is 0.277. The molecule has 3 aromatic rings. The molecule has 5 rings (SSSR count). The van der Waals surface area contributed by atoms with Gasteiger partial charge in [-0.05, 0) is 30.3 Å². The Bertz CT molecular complexity index is 1900. The lowest BCUT2D eigenvalue weighted by Gasteiger charge is -2.25. The summed E-state index contributed by atoms with van der Waals surface area (Å²) in [6, 6.07) is 12.4. The van der Waals surface area contributed by atoms with E-state index in [1.165, 1.54) is 12.1 Å². The van der Waals surface area contributed by atoms with Gasteiger partial charge in [0, 0.05) is 16.7 Å². The Kier molecular flexibility index (Phi) is 7.28. The summed E-state index contributed by atoms with van der Waals surface area (Å²) in [5.41, 5.74) is -0.974. The molecule has 39 heavy (non-hydrogen) atoms. The number of fused-ring (bicyclic) bond motifs is 2. The number of nitrogens with two attached hydrogens (primary N) is 2. The molecule has 18 heteroatoms. The van der Waals surface area contributed by atoms with Crippen LogP contribution in [0.25, 0.3) is 0 Å². The zero-order valence-corrected chi connectivity index (χ0v) is 23.1. The maximum atomic E-state index is 12.0. The van der Waals surface area contributed by atoms with E-state index in [4.69, 9.17) is 33.5 Å². The van der Waals surface area contributed by atoms with Gasteiger partial charge < -0.3 is 10.4 Å². The van der Waals surface area contributed by atoms with E-state index in [1.54, 1.807) is 24.3 Å².